The number of benzene rings is 1. The van der Waals surface area contributed by atoms with Crippen LogP contribution in [-0.4, -0.2) is 32.5 Å². The Balaban J connectivity index is 2.82. The van der Waals surface area contributed by atoms with Crippen LogP contribution < -0.4 is 0 Å². The molecule has 0 atom stereocenters. The topological polar surface area (TPSA) is 69.4 Å². The van der Waals surface area contributed by atoms with Crippen molar-refractivity contribution in [3.8, 4) is 0 Å². The summed E-state index contributed by atoms with van der Waals surface area (Å²) in [5, 5.41) is 10.4. The molecule has 0 bridgehead atoms. The van der Waals surface area contributed by atoms with Crippen molar-refractivity contribution in [2.75, 3.05) is 0 Å². The Morgan fingerprint density at radius 2 is 1.75 bits per heavy atom. The molecule has 0 N–H and O–H groups in total. The molecule has 0 fully saturated rings. The van der Waals surface area contributed by atoms with E-state index in [9.17, 15) is 14.9 Å². The Morgan fingerprint density at radius 1 is 1.25 bits per heavy atom. The maximum absolute atomic E-state index is 11.6. The fraction of sp³-hybridized carbons (Fsp3) is 0.300. The summed E-state index contributed by atoms with van der Waals surface area (Å²) in [6.45, 7) is 0. The van der Waals surface area contributed by atoms with Crippen molar-refractivity contribution in [3.63, 3.8) is 0 Å². The van der Waals surface area contributed by atoms with E-state index >= 15 is 0 Å². The normalized spacial score (nSPS) is 10.9. The van der Waals surface area contributed by atoms with E-state index in [4.69, 9.17) is 2.69 Å². The number of non-ortho nitro benzene ring substituents is 1. The van der Waals surface area contributed by atoms with Gasteiger partial charge in [0, 0.05) is 0 Å². The number of nitro groups is 1. The molecule has 0 aromatic heterocycles. The molecule has 0 spiro atoms. The van der Waals surface area contributed by atoms with Crippen LogP contribution in [0.5, 0.6) is 0 Å². The molecule has 0 radical (unpaired) electrons. The number of nitro benzene ring substituents is 1. The molecular formula is C10H13NO4Pb. The predicted octanol–water partition coefficient (Wildman–Crippen LogP) is 2.59. The van der Waals surface area contributed by atoms with Gasteiger partial charge in [0.1, 0.15) is 0 Å². The molecule has 0 saturated carbocycles. The molecule has 1 rings (SSSR count). The maximum atomic E-state index is 11.6. The Labute approximate surface area is 98.9 Å². The van der Waals surface area contributed by atoms with Crippen LogP contribution in [0.2, 0.25) is 13.4 Å². The van der Waals surface area contributed by atoms with Gasteiger partial charge >= 0.3 is 99.1 Å². The average molecular weight is 418 g/mol. The molecule has 0 aliphatic carbocycles. The first-order valence-corrected chi connectivity index (χ1v) is 18.0. The van der Waals surface area contributed by atoms with Crippen molar-refractivity contribution in [2.24, 2.45) is 0 Å². The first-order chi connectivity index (χ1) is 7.29. The molecule has 0 aliphatic heterocycles. The zero-order valence-electron chi connectivity index (χ0n) is 9.39. The van der Waals surface area contributed by atoms with E-state index < -0.39 is 26.5 Å². The molecule has 16 heavy (non-hydrogen) atoms. The van der Waals surface area contributed by atoms with Gasteiger partial charge in [-0.1, -0.05) is 0 Å². The van der Waals surface area contributed by atoms with Crippen molar-refractivity contribution in [1.29, 1.82) is 0 Å². The summed E-state index contributed by atoms with van der Waals surface area (Å²) in [4.78, 5) is 21.5. The van der Waals surface area contributed by atoms with E-state index in [-0.39, 0.29) is 11.7 Å². The van der Waals surface area contributed by atoms with Crippen molar-refractivity contribution in [1.82, 2.24) is 0 Å². The molecule has 0 unspecified atom stereocenters. The number of hydrogen-bond donors (Lipinski definition) is 0. The molecule has 6 heteroatoms. The van der Waals surface area contributed by atoms with Crippen LogP contribution in [-0.2, 0) is 2.69 Å². The quantitative estimate of drug-likeness (QED) is 0.430. The molecule has 5 nitrogen and oxygen atoms in total. The third-order valence-electron chi connectivity index (χ3n) is 1.71. The Bertz CT molecular complexity index is 408. The fourth-order valence-corrected chi connectivity index (χ4v) is 3.68. The zero-order valence-corrected chi connectivity index (χ0v) is 13.3. The zero-order chi connectivity index (χ0) is 12.3. The summed E-state index contributed by atoms with van der Waals surface area (Å²) in [7, 11) is 0. The fourth-order valence-electron chi connectivity index (χ4n) is 1.06. The SMILES string of the molecule is [CH3][Pb]([CH3])([CH3])[O]C(=O)c1ccc([N+](=O)[O-])cc1. The van der Waals surface area contributed by atoms with Crippen LogP contribution >= 0.6 is 0 Å². The molecule has 0 saturated heterocycles. The van der Waals surface area contributed by atoms with Crippen LogP contribution in [0, 0.1) is 10.1 Å². The molecule has 0 heterocycles. The number of carbonyl (C=O) groups is 1. The monoisotopic (exact) mass is 419 g/mol. The van der Waals surface area contributed by atoms with E-state index in [0.717, 1.165) is 0 Å². The summed E-state index contributed by atoms with van der Waals surface area (Å²) >= 11 is -2.73. The van der Waals surface area contributed by atoms with Gasteiger partial charge in [-0.05, 0) is 0 Å². The standard InChI is InChI=1S/C7H5NO4.3CH3.Pb/c9-7(10)5-1-3-6(4-2-5)8(11)12;;;;/h1-4H,(H,9,10);3*1H3;/q;;;;+1/p-1. The first-order valence-electron chi connectivity index (χ1n) is 4.77. The predicted molar refractivity (Wildman–Crippen MR) is 61.9 cm³/mol. The van der Waals surface area contributed by atoms with Crippen molar-refractivity contribution >= 4 is 33.3 Å². The molecule has 1 aromatic carbocycles. The van der Waals surface area contributed by atoms with Gasteiger partial charge in [-0.25, -0.2) is 0 Å². The molecule has 1 aromatic rings. The minimum atomic E-state index is -2.73. The second kappa shape index (κ2) is 4.90. The average Bonchev–Trinajstić information content (AvgIpc) is 2.15. The van der Waals surface area contributed by atoms with E-state index in [2.05, 4.69) is 0 Å². The van der Waals surface area contributed by atoms with Crippen molar-refractivity contribution < 1.29 is 12.4 Å². The van der Waals surface area contributed by atoms with Crippen LogP contribution in [0.25, 0.3) is 0 Å². The van der Waals surface area contributed by atoms with Crippen molar-refractivity contribution in [3.05, 3.63) is 39.9 Å². The van der Waals surface area contributed by atoms with E-state index in [1.807, 2.05) is 13.4 Å². The van der Waals surface area contributed by atoms with Gasteiger partial charge in [-0.2, -0.15) is 0 Å². The first kappa shape index (κ1) is 13.1. The van der Waals surface area contributed by atoms with E-state index in [1.165, 1.54) is 24.3 Å². The van der Waals surface area contributed by atoms with Gasteiger partial charge in [0.2, 0.25) is 0 Å². The summed E-state index contributed by atoms with van der Waals surface area (Å²) in [6, 6.07) is 5.44. The number of rotatable bonds is 3. The molecular weight excluding hydrogens is 405 g/mol. The molecule has 0 amide bonds. The van der Waals surface area contributed by atoms with E-state index in [0.29, 0.717) is 5.56 Å². The summed E-state index contributed by atoms with van der Waals surface area (Å²) in [5.74, 6) is -0.385. The minimum absolute atomic E-state index is 0.0306. The number of hydrogen-bond acceptors (Lipinski definition) is 4. The third-order valence-corrected chi connectivity index (χ3v) is 4.81. The van der Waals surface area contributed by atoms with Gasteiger partial charge in [-0.15, -0.1) is 0 Å². The van der Waals surface area contributed by atoms with Gasteiger partial charge in [-0.3, -0.25) is 0 Å². The van der Waals surface area contributed by atoms with Gasteiger partial charge in [0.05, 0.1) is 0 Å². The number of carbonyl (C=O) groups excluding carboxylic acids is 1. The molecule has 0 aliphatic rings. The summed E-state index contributed by atoms with van der Waals surface area (Å²) in [6.07, 6.45) is 0. The van der Waals surface area contributed by atoms with Crippen molar-refractivity contribution in [2.45, 2.75) is 13.4 Å². The second-order valence-corrected chi connectivity index (χ2v) is 21.5. The van der Waals surface area contributed by atoms with Crippen LogP contribution in [0.3, 0.4) is 0 Å². The Hall–Kier alpha value is -0.988. The van der Waals surface area contributed by atoms with Gasteiger partial charge < -0.3 is 0 Å². The third kappa shape index (κ3) is 3.87. The van der Waals surface area contributed by atoms with Crippen LogP contribution in [0.4, 0.5) is 5.69 Å². The van der Waals surface area contributed by atoms with Crippen LogP contribution in [0.15, 0.2) is 24.3 Å². The van der Waals surface area contributed by atoms with Crippen LogP contribution in [0.1, 0.15) is 10.4 Å². The van der Waals surface area contributed by atoms with Gasteiger partial charge in [0.15, 0.2) is 0 Å². The Kier molecular flexibility index (Phi) is 4.00. The van der Waals surface area contributed by atoms with E-state index in [1.54, 1.807) is 0 Å². The second-order valence-electron chi connectivity index (χ2n) is 4.31. The Morgan fingerprint density at radius 3 is 2.12 bits per heavy atom. The summed E-state index contributed by atoms with van der Waals surface area (Å²) < 4.78 is 11.3. The molecule has 86 valence electrons. The summed E-state index contributed by atoms with van der Waals surface area (Å²) in [5.41, 5.74) is 0.331. The van der Waals surface area contributed by atoms with Gasteiger partial charge in [0.25, 0.3) is 0 Å². The number of nitrogens with zero attached hydrogens (tertiary/aromatic N) is 1.